The fourth-order valence-electron chi connectivity index (χ4n) is 1.65. The second kappa shape index (κ2) is 4.58. The number of hydrogen-bond acceptors (Lipinski definition) is 3. The molecule has 0 saturated carbocycles. The summed E-state index contributed by atoms with van der Waals surface area (Å²) in [6, 6.07) is 0.237. The lowest BCUT2D eigenvalue weighted by Crippen LogP contribution is -2.36. The Hall–Kier alpha value is -0.410. The van der Waals surface area contributed by atoms with Crippen molar-refractivity contribution in [3.8, 4) is 0 Å². The molecule has 0 bridgehead atoms. The molecule has 1 fully saturated rings. The van der Waals surface area contributed by atoms with Gasteiger partial charge in [-0.05, 0) is 19.4 Å². The van der Waals surface area contributed by atoms with Gasteiger partial charge in [0.1, 0.15) is 5.78 Å². The fraction of sp³-hybridized carbons (Fsp3) is 0.889. The number of Topliss-reactive ketones (excluding diaryl/α,β-unsaturated/α-hetero) is 1. The Balaban J connectivity index is 2.35. The molecule has 0 amide bonds. The first kappa shape index (κ1) is 9.68. The van der Waals surface area contributed by atoms with Crippen molar-refractivity contribution in [1.82, 2.24) is 4.90 Å². The Morgan fingerprint density at radius 1 is 1.67 bits per heavy atom. The summed E-state index contributed by atoms with van der Waals surface area (Å²) in [4.78, 5) is 13.2. The highest BCUT2D eigenvalue weighted by Crippen LogP contribution is 2.15. The van der Waals surface area contributed by atoms with Crippen LogP contribution in [0.25, 0.3) is 0 Å². The zero-order valence-electron chi connectivity index (χ0n) is 7.62. The van der Waals surface area contributed by atoms with Gasteiger partial charge >= 0.3 is 0 Å². The quantitative estimate of drug-likeness (QED) is 0.666. The van der Waals surface area contributed by atoms with Crippen LogP contribution in [0.1, 0.15) is 26.2 Å². The number of nitrogens with zero attached hydrogens (tertiary/aromatic N) is 1. The molecule has 12 heavy (non-hydrogen) atoms. The summed E-state index contributed by atoms with van der Waals surface area (Å²) in [5.41, 5.74) is 0. The van der Waals surface area contributed by atoms with Crippen molar-refractivity contribution < 1.29 is 9.90 Å². The summed E-state index contributed by atoms with van der Waals surface area (Å²) in [7, 11) is 0. The zero-order chi connectivity index (χ0) is 8.97. The number of carbonyl (C=O) groups excluding carboxylic acids is 1. The Morgan fingerprint density at radius 2 is 2.42 bits per heavy atom. The second-order valence-corrected chi connectivity index (χ2v) is 3.34. The van der Waals surface area contributed by atoms with Gasteiger partial charge in [0, 0.05) is 12.5 Å². The normalized spacial score (nSPS) is 24.7. The molecule has 70 valence electrons. The van der Waals surface area contributed by atoms with Gasteiger partial charge in [-0.2, -0.15) is 0 Å². The first-order valence-electron chi connectivity index (χ1n) is 4.64. The molecule has 1 rings (SSSR count). The molecule has 3 heteroatoms. The lowest BCUT2D eigenvalue weighted by molar-refractivity contribution is -0.120. The van der Waals surface area contributed by atoms with Crippen molar-refractivity contribution in [2.24, 2.45) is 0 Å². The van der Waals surface area contributed by atoms with Crippen LogP contribution in [0.4, 0.5) is 0 Å². The number of aliphatic hydroxyl groups is 1. The van der Waals surface area contributed by atoms with Crippen LogP contribution < -0.4 is 0 Å². The third-order valence-corrected chi connectivity index (χ3v) is 2.48. The van der Waals surface area contributed by atoms with E-state index < -0.39 is 0 Å². The third kappa shape index (κ3) is 2.29. The van der Waals surface area contributed by atoms with E-state index in [9.17, 15) is 4.79 Å². The van der Waals surface area contributed by atoms with Crippen molar-refractivity contribution in [3.05, 3.63) is 0 Å². The molecular formula is C9H17NO2. The number of likely N-dealkylation sites (tertiary alicyclic amines) is 1. The van der Waals surface area contributed by atoms with Crippen molar-refractivity contribution in [2.45, 2.75) is 32.2 Å². The zero-order valence-corrected chi connectivity index (χ0v) is 7.62. The molecule has 1 unspecified atom stereocenters. The monoisotopic (exact) mass is 171 g/mol. The maximum atomic E-state index is 11.1. The summed E-state index contributed by atoms with van der Waals surface area (Å²) < 4.78 is 0. The number of hydrogen-bond donors (Lipinski definition) is 1. The highest BCUT2D eigenvalue weighted by Gasteiger charge is 2.24. The van der Waals surface area contributed by atoms with Crippen LogP contribution >= 0.6 is 0 Å². The van der Waals surface area contributed by atoms with Crippen molar-refractivity contribution in [3.63, 3.8) is 0 Å². The van der Waals surface area contributed by atoms with Gasteiger partial charge < -0.3 is 5.11 Å². The van der Waals surface area contributed by atoms with Crippen LogP contribution in [0, 0.1) is 0 Å². The summed E-state index contributed by atoms with van der Waals surface area (Å²) in [5.74, 6) is 0.273. The minimum Gasteiger partial charge on any atom is -0.395 e. The molecule has 1 N–H and O–H groups in total. The largest absolute Gasteiger partial charge is 0.395 e. The predicted octanol–water partition coefficient (Wildman–Crippen LogP) is 0.422. The van der Waals surface area contributed by atoms with Crippen LogP contribution in [0.15, 0.2) is 0 Å². The molecule has 0 aromatic heterocycles. The molecule has 0 radical (unpaired) electrons. The highest BCUT2D eigenvalue weighted by atomic mass is 16.3. The Labute approximate surface area is 73.4 Å². The van der Waals surface area contributed by atoms with E-state index in [1.165, 1.54) is 0 Å². The van der Waals surface area contributed by atoms with Crippen LogP contribution in [-0.4, -0.2) is 41.5 Å². The number of ketones is 1. The first-order chi connectivity index (χ1) is 5.77. The third-order valence-electron chi connectivity index (χ3n) is 2.48. The Bertz CT molecular complexity index is 159. The van der Waals surface area contributed by atoms with Crippen LogP contribution in [-0.2, 0) is 4.79 Å². The van der Waals surface area contributed by atoms with E-state index in [-0.39, 0.29) is 18.4 Å². The fourth-order valence-corrected chi connectivity index (χ4v) is 1.65. The van der Waals surface area contributed by atoms with Crippen LogP contribution in [0.3, 0.4) is 0 Å². The molecule has 0 aromatic rings. The maximum absolute atomic E-state index is 11.1. The van der Waals surface area contributed by atoms with E-state index in [1.807, 2.05) is 6.92 Å². The molecule has 0 aromatic carbocycles. The molecule has 3 nitrogen and oxygen atoms in total. The molecule has 1 heterocycles. The average Bonchev–Trinajstić information content (AvgIpc) is 2.51. The van der Waals surface area contributed by atoms with Gasteiger partial charge in [-0.3, -0.25) is 9.69 Å². The SMILES string of the molecule is CCC(=O)CN1CCCC1CO. The van der Waals surface area contributed by atoms with E-state index in [4.69, 9.17) is 5.11 Å². The van der Waals surface area contributed by atoms with Gasteiger partial charge in [0.25, 0.3) is 0 Å². The highest BCUT2D eigenvalue weighted by molar-refractivity contribution is 5.80. The van der Waals surface area contributed by atoms with E-state index in [0.29, 0.717) is 13.0 Å². The predicted molar refractivity (Wildman–Crippen MR) is 47.0 cm³/mol. The number of rotatable bonds is 4. The standard InChI is InChI=1S/C9H17NO2/c1-2-9(12)6-10-5-3-4-8(10)7-11/h8,11H,2-7H2,1H3. The summed E-state index contributed by atoms with van der Waals surface area (Å²) in [5, 5.41) is 8.97. The molecule has 0 aliphatic carbocycles. The first-order valence-corrected chi connectivity index (χ1v) is 4.64. The van der Waals surface area contributed by atoms with Gasteiger partial charge in [-0.25, -0.2) is 0 Å². The lowest BCUT2D eigenvalue weighted by Gasteiger charge is -2.21. The number of aliphatic hydroxyl groups excluding tert-OH is 1. The number of carbonyl (C=O) groups is 1. The topological polar surface area (TPSA) is 40.5 Å². The summed E-state index contributed by atoms with van der Waals surface area (Å²) in [6.07, 6.45) is 2.75. The van der Waals surface area contributed by atoms with Crippen LogP contribution in [0.2, 0.25) is 0 Å². The minimum absolute atomic E-state index is 0.191. The van der Waals surface area contributed by atoms with Gasteiger partial charge in [0.05, 0.1) is 13.2 Å². The molecule has 0 spiro atoms. The van der Waals surface area contributed by atoms with E-state index in [2.05, 4.69) is 4.90 Å². The average molecular weight is 171 g/mol. The Morgan fingerprint density at radius 3 is 3.00 bits per heavy atom. The van der Waals surface area contributed by atoms with Crippen molar-refractivity contribution in [2.75, 3.05) is 19.7 Å². The smallest absolute Gasteiger partial charge is 0.146 e. The van der Waals surface area contributed by atoms with Gasteiger partial charge in [-0.1, -0.05) is 6.92 Å². The maximum Gasteiger partial charge on any atom is 0.146 e. The summed E-state index contributed by atoms with van der Waals surface area (Å²) >= 11 is 0. The van der Waals surface area contributed by atoms with Gasteiger partial charge in [-0.15, -0.1) is 0 Å². The molecule has 1 saturated heterocycles. The Kier molecular flexibility index (Phi) is 3.69. The van der Waals surface area contributed by atoms with Crippen LogP contribution in [0.5, 0.6) is 0 Å². The van der Waals surface area contributed by atoms with E-state index in [1.54, 1.807) is 0 Å². The van der Waals surface area contributed by atoms with E-state index >= 15 is 0 Å². The molecular weight excluding hydrogens is 154 g/mol. The lowest BCUT2D eigenvalue weighted by atomic mass is 10.2. The molecule has 1 atom stereocenters. The van der Waals surface area contributed by atoms with Crippen molar-refractivity contribution in [1.29, 1.82) is 0 Å². The molecule has 1 aliphatic heterocycles. The molecule has 1 aliphatic rings. The van der Waals surface area contributed by atoms with Gasteiger partial charge in [0.2, 0.25) is 0 Å². The second-order valence-electron chi connectivity index (χ2n) is 3.34. The van der Waals surface area contributed by atoms with Gasteiger partial charge in [0.15, 0.2) is 0 Å². The van der Waals surface area contributed by atoms with E-state index in [0.717, 1.165) is 19.4 Å². The minimum atomic E-state index is 0.191. The summed E-state index contributed by atoms with van der Waals surface area (Å²) in [6.45, 7) is 3.57. The van der Waals surface area contributed by atoms with Crippen molar-refractivity contribution >= 4 is 5.78 Å².